The summed E-state index contributed by atoms with van der Waals surface area (Å²) >= 11 is 6.12. The van der Waals surface area contributed by atoms with Crippen LogP contribution in [0.4, 0.5) is 5.69 Å². The van der Waals surface area contributed by atoms with E-state index in [4.69, 9.17) is 11.6 Å². The molecule has 0 spiro atoms. The lowest BCUT2D eigenvalue weighted by Gasteiger charge is -2.38. The molecule has 0 atom stereocenters. The quantitative estimate of drug-likeness (QED) is 0.854. The van der Waals surface area contributed by atoms with Crippen molar-refractivity contribution in [2.24, 2.45) is 0 Å². The molecule has 2 rings (SSSR count). The minimum atomic E-state index is -3.00. The van der Waals surface area contributed by atoms with Crippen molar-refractivity contribution in [3.8, 4) is 0 Å². The number of hydrogen-bond acceptors (Lipinski definition) is 4. The molecule has 0 saturated heterocycles. The second-order valence-electron chi connectivity index (χ2n) is 6.45. The van der Waals surface area contributed by atoms with Crippen LogP contribution in [0.3, 0.4) is 0 Å². The van der Waals surface area contributed by atoms with Crippen LogP contribution < -0.4 is 4.90 Å². The molecule has 1 aliphatic rings. The number of carboxylic acids is 1. The molecular formula is C17H24ClNO4S. The Morgan fingerprint density at radius 3 is 2.33 bits per heavy atom. The maximum atomic E-state index is 11.7. The van der Waals surface area contributed by atoms with E-state index in [1.807, 2.05) is 6.92 Å². The first kappa shape index (κ1) is 19.1. The van der Waals surface area contributed by atoms with E-state index >= 15 is 0 Å². The van der Waals surface area contributed by atoms with Gasteiger partial charge in [0.2, 0.25) is 0 Å². The fraction of sp³-hybridized carbons (Fsp3) is 0.588. The van der Waals surface area contributed by atoms with Gasteiger partial charge in [0.05, 0.1) is 10.8 Å². The highest BCUT2D eigenvalue weighted by molar-refractivity contribution is 7.91. The van der Waals surface area contributed by atoms with Crippen LogP contribution in [0.15, 0.2) is 12.1 Å². The van der Waals surface area contributed by atoms with Crippen LogP contribution in [0.5, 0.6) is 0 Å². The number of benzene rings is 1. The molecule has 0 amide bonds. The van der Waals surface area contributed by atoms with E-state index in [1.54, 1.807) is 13.0 Å². The van der Waals surface area contributed by atoms with Crippen molar-refractivity contribution in [1.82, 2.24) is 0 Å². The number of carboxylic acid groups (broad SMARTS) is 1. The predicted molar refractivity (Wildman–Crippen MR) is 97.1 cm³/mol. The number of hydrogen-bond donors (Lipinski definition) is 1. The van der Waals surface area contributed by atoms with Gasteiger partial charge >= 0.3 is 5.97 Å². The molecule has 1 aromatic rings. The third-order valence-electron chi connectivity index (χ3n) is 4.92. The molecule has 1 aliphatic carbocycles. The van der Waals surface area contributed by atoms with Gasteiger partial charge in [-0.15, -0.1) is 0 Å². The molecule has 0 radical (unpaired) electrons. The second-order valence-corrected chi connectivity index (χ2v) is 9.21. The van der Waals surface area contributed by atoms with Gasteiger partial charge in [0.1, 0.15) is 9.84 Å². The van der Waals surface area contributed by atoms with E-state index in [-0.39, 0.29) is 16.9 Å². The molecule has 134 valence electrons. The lowest BCUT2D eigenvalue weighted by atomic mass is 9.92. The fourth-order valence-electron chi connectivity index (χ4n) is 3.60. The van der Waals surface area contributed by atoms with Crippen molar-refractivity contribution in [3.05, 3.63) is 28.3 Å². The Hall–Kier alpha value is -1.27. The SMILES string of the molecule is CCN(c1cc(Cl)cc(C(=O)O)c1C)C1CCC(S(C)(=O)=O)CC1. The Kier molecular flexibility index (Phi) is 5.81. The highest BCUT2D eigenvalue weighted by Crippen LogP contribution is 2.34. The van der Waals surface area contributed by atoms with E-state index in [0.717, 1.165) is 18.5 Å². The Morgan fingerprint density at radius 1 is 1.29 bits per heavy atom. The largest absolute Gasteiger partial charge is 0.478 e. The summed E-state index contributed by atoms with van der Waals surface area (Å²) in [4.78, 5) is 13.6. The van der Waals surface area contributed by atoms with Crippen LogP contribution in [-0.4, -0.2) is 43.6 Å². The van der Waals surface area contributed by atoms with Crippen LogP contribution in [0.25, 0.3) is 0 Å². The Balaban J connectivity index is 2.29. The summed E-state index contributed by atoms with van der Waals surface area (Å²) in [6, 6.07) is 3.47. The van der Waals surface area contributed by atoms with Gasteiger partial charge in [-0.3, -0.25) is 0 Å². The zero-order chi connectivity index (χ0) is 18.1. The van der Waals surface area contributed by atoms with Gasteiger partial charge in [-0.2, -0.15) is 0 Å². The normalized spacial score (nSPS) is 21.5. The van der Waals surface area contributed by atoms with Crippen molar-refractivity contribution in [2.45, 2.75) is 50.8 Å². The van der Waals surface area contributed by atoms with Crippen molar-refractivity contribution in [2.75, 3.05) is 17.7 Å². The first-order valence-electron chi connectivity index (χ1n) is 8.14. The van der Waals surface area contributed by atoms with E-state index < -0.39 is 15.8 Å². The van der Waals surface area contributed by atoms with Gasteiger partial charge in [-0.25, -0.2) is 13.2 Å². The summed E-state index contributed by atoms with van der Waals surface area (Å²) < 4.78 is 23.4. The highest BCUT2D eigenvalue weighted by Gasteiger charge is 2.31. The molecule has 0 aromatic heterocycles. The topological polar surface area (TPSA) is 74.7 Å². The van der Waals surface area contributed by atoms with E-state index in [2.05, 4.69) is 4.90 Å². The number of halogens is 1. The standard InChI is InChI=1S/C17H24ClNO4S/c1-4-19(13-5-7-14(8-6-13)24(3,22)23)16-10-12(18)9-15(11(16)2)17(20)21/h9-10,13-14H,4-8H2,1-3H3,(H,20,21). The molecule has 1 saturated carbocycles. The maximum Gasteiger partial charge on any atom is 0.336 e. The van der Waals surface area contributed by atoms with Crippen molar-refractivity contribution in [1.29, 1.82) is 0 Å². The fourth-order valence-corrected chi connectivity index (χ4v) is 4.94. The molecule has 1 fully saturated rings. The lowest BCUT2D eigenvalue weighted by molar-refractivity contribution is 0.0696. The highest BCUT2D eigenvalue weighted by atomic mass is 35.5. The average Bonchev–Trinajstić information content (AvgIpc) is 2.50. The average molecular weight is 374 g/mol. The smallest absolute Gasteiger partial charge is 0.336 e. The van der Waals surface area contributed by atoms with Crippen LogP contribution in [-0.2, 0) is 9.84 Å². The van der Waals surface area contributed by atoms with Crippen LogP contribution in [0, 0.1) is 6.92 Å². The lowest BCUT2D eigenvalue weighted by Crippen LogP contribution is -2.41. The third-order valence-corrected chi connectivity index (χ3v) is 6.82. The van der Waals surface area contributed by atoms with Gasteiger partial charge in [0.25, 0.3) is 0 Å². The summed E-state index contributed by atoms with van der Waals surface area (Å²) in [5, 5.41) is 9.50. The molecule has 0 heterocycles. The van der Waals surface area contributed by atoms with Gasteiger partial charge < -0.3 is 10.0 Å². The summed E-state index contributed by atoms with van der Waals surface area (Å²) in [6.45, 7) is 4.53. The van der Waals surface area contributed by atoms with E-state index in [9.17, 15) is 18.3 Å². The molecule has 0 unspecified atom stereocenters. The van der Waals surface area contributed by atoms with Gasteiger partial charge in [-0.05, 0) is 57.2 Å². The van der Waals surface area contributed by atoms with Gasteiger partial charge in [-0.1, -0.05) is 11.6 Å². The molecule has 1 aromatic carbocycles. The zero-order valence-corrected chi connectivity index (χ0v) is 15.8. The molecule has 24 heavy (non-hydrogen) atoms. The van der Waals surface area contributed by atoms with Crippen LogP contribution >= 0.6 is 11.6 Å². The van der Waals surface area contributed by atoms with Gasteiger partial charge in [0, 0.05) is 29.6 Å². The van der Waals surface area contributed by atoms with E-state index in [1.165, 1.54) is 12.3 Å². The number of sulfone groups is 1. The van der Waals surface area contributed by atoms with E-state index in [0.29, 0.717) is 30.0 Å². The van der Waals surface area contributed by atoms with Crippen LogP contribution in [0.1, 0.15) is 48.5 Å². The third kappa shape index (κ3) is 4.03. The number of carbonyl (C=O) groups is 1. The van der Waals surface area contributed by atoms with Crippen molar-refractivity contribution < 1.29 is 18.3 Å². The molecule has 5 nitrogen and oxygen atoms in total. The predicted octanol–water partition coefficient (Wildman–Crippen LogP) is 3.53. The number of nitrogens with zero attached hydrogens (tertiary/aromatic N) is 1. The first-order valence-corrected chi connectivity index (χ1v) is 10.5. The molecule has 7 heteroatoms. The molecule has 0 aliphatic heterocycles. The minimum absolute atomic E-state index is 0.201. The van der Waals surface area contributed by atoms with Crippen molar-refractivity contribution >= 4 is 33.1 Å². The van der Waals surface area contributed by atoms with Crippen molar-refractivity contribution in [3.63, 3.8) is 0 Å². The molecule has 1 N–H and O–H groups in total. The summed E-state index contributed by atoms with van der Waals surface area (Å²) in [6.07, 6.45) is 4.15. The number of aromatic carboxylic acids is 1. The Labute approximate surface area is 148 Å². The Morgan fingerprint density at radius 2 is 1.88 bits per heavy atom. The molecule has 0 bridgehead atoms. The Bertz CT molecular complexity index is 724. The minimum Gasteiger partial charge on any atom is -0.478 e. The maximum absolute atomic E-state index is 11.7. The summed E-state index contributed by atoms with van der Waals surface area (Å²) in [7, 11) is -3.00. The monoisotopic (exact) mass is 373 g/mol. The number of anilines is 1. The second kappa shape index (κ2) is 7.31. The summed E-state index contributed by atoms with van der Waals surface area (Å²) in [5.74, 6) is -0.993. The zero-order valence-electron chi connectivity index (χ0n) is 14.3. The molecular weight excluding hydrogens is 350 g/mol. The first-order chi connectivity index (χ1) is 11.1. The number of rotatable bonds is 5. The summed E-state index contributed by atoms with van der Waals surface area (Å²) in [5.41, 5.74) is 1.73. The van der Waals surface area contributed by atoms with Crippen LogP contribution in [0.2, 0.25) is 5.02 Å². The van der Waals surface area contributed by atoms with Gasteiger partial charge in [0.15, 0.2) is 0 Å².